The van der Waals surface area contributed by atoms with Crippen molar-refractivity contribution in [1.82, 2.24) is 20.0 Å². The maximum Gasteiger partial charge on any atom is 0.337 e. The van der Waals surface area contributed by atoms with Crippen LogP contribution in [-0.2, 0) is 24.3 Å². The van der Waals surface area contributed by atoms with Crippen LogP contribution in [0.1, 0.15) is 43.7 Å². The van der Waals surface area contributed by atoms with Gasteiger partial charge in [-0.15, -0.1) is 0 Å². The first-order chi connectivity index (χ1) is 16.0. The summed E-state index contributed by atoms with van der Waals surface area (Å²) in [5.41, 5.74) is 4.14. The Kier molecular flexibility index (Phi) is 5.29. The molecule has 9 heteroatoms. The second kappa shape index (κ2) is 8.42. The van der Waals surface area contributed by atoms with Crippen LogP contribution in [0, 0.1) is 6.92 Å². The van der Waals surface area contributed by atoms with E-state index in [4.69, 9.17) is 14.0 Å². The molecule has 0 bridgehead atoms. The molecule has 1 amide bonds. The lowest BCUT2D eigenvalue weighted by molar-refractivity contribution is 0.0600. The van der Waals surface area contributed by atoms with Crippen LogP contribution in [0.4, 0.5) is 0 Å². The monoisotopic (exact) mass is 446 g/mol. The third-order valence-electron chi connectivity index (χ3n) is 5.72. The predicted molar refractivity (Wildman–Crippen MR) is 118 cm³/mol. The molecule has 5 rings (SSSR count). The van der Waals surface area contributed by atoms with Crippen molar-refractivity contribution in [3.63, 3.8) is 0 Å². The van der Waals surface area contributed by atoms with Gasteiger partial charge in [-0.2, -0.15) is 4.98 Å². The third-order valence-corrected chi connectivity index (χ3v) is 5.72. The molecule has 0 atom stereocenters. The molecule has 0 aliphatic carbocycles. The maximum absolute atomic E-state index is 13.2. The van der Waals surface area contributed by atoms with Gasteiger partial charge in [0.15, 0.2) is 6.61 Å². The molecule has 3 heterocycles. The second-order valence-electron chi connectivity index (χ2n) is 7.85. The summed E-state index contributed by atoms with van der Waals surface area (Å²) in [6.45, 7) is 2.98. The number of hydrogen-bond donors (Lipinski definition) is 1. The van der Waals surface area contributed by atoms with Crippen LogP contribution >= 0.6 is 0 Å². The quantitative estimate of drug-likeness (QED) is 0.468. The van der Waals surface area contributed by atoms with E-state index in [1.165, 1.54) is 7.11 Å². The molecule has 1 aliphatic rings. The average molecular weight is 446 g/mol. The molecule has 2 aromatic heterocycles. The van der Waals surface area contributed by atoms with Crippen molar-refractivity contribution in [3.8, 4) is 5.75 Å². The van der Waals surface area contributed by atoms with E-state index in [0.717, 1.165) is 22.2 Å². The Balaban J connectivity index is 1.30. The largest absolute Gasteiger partial charge is 0.485 e. The van der Waals surface area contributed by atoms with Gasteiger partial charge in [0, 0.05) is 54.2 Å². The highest BCUT2D eigenvalue weighted by Crippen LogP contribution is 2.29. The fourth-order valence-electron chi connectivity index (χ4n) is 4.06. The SMILES string of the molecule is COC(=O)c1ccc2[nH]c3c(c2c1)CN(C(=O)c1ccc(OCc2noc(C)n2)cc1)CC3. The van der Waals surface area contributed by atoms with Gasteiger partial charge < -0.3 is 23.9 Å². The molecule has 0 spiro atoms. The molecule has 33 heavy (non-hydrogen) atoms. The molecule has 4 aromatic rings. The molecule has 0 saturated carbocycles. The van der Waals surface area contributed by atoms with Gasteiger partial charge in [-0.25, -0.2) is 4.79 Å². The fourth-order valence-corrected chi connectivity index (χ4v) is 4.06. The summed E-state index contributed by atoms with van der Waals surface area (Å²) in [4.78, 5) is 34.4. The van der Waals surface area contributed by atoms with Gasteiger partial charge in [-0.05, 0) is 42.5 Å². The lowest BCUT2D eigenvalue weighted by Crippen LogP contribution is -2.35. The maximum atomic E-state index is 13.2. The van der Waals surface area contributed by atoms with Gasteiger partial charge in [0.1, 0.15) is 5.75 Å². The Bertz CT molecular complexity index is 1340. The van der Waals surface area contributed by atoms with Crippen molar-refractivity contribution in [2.45, 2.75) is 26.5 Å². The Morgan fingerprint density at radius 3 is 2.67 bits per heavy atom. The van der Waals surface area contributed by atoms with E-state index in [1.807, 2.05) is 17.0 Å². The Hall–Kier alpha value is -4.14. The average Bonchev–Trinajstić information content (AvgIpc) is 3.44. The van der Waals surface area contributed by atoms with Crippen LogP contribution in [0.15, 0.2) is 47.0 Å². The number of hydrogen-bond acceptors (Lipinski definition) is 7. The lowest BCUT2D eigenvalue weighted by Gasteiger charge is -2.27. The molecule has 1 aliphatic heterocycles. The summed E-state index contributed by atoms with van der Waals surface area (Å²) in [6.07, 6.45) is 0.717. The predicted octanol–water partition coefficient (Wildman–Crippen LogP) is 3.42. The molecule has 0 unspecified atom stereocenters. The van der Waals surface area contributed by atoms with Crippen LogP contribution < -0.4 is 4.74 Å². The van der Waals surface area contributed by atoms with E-state index in [-0.39, 0.29) is 18.5 Å². The number of benzene rings is 2. The smallest absolute Gasteiger partial charge is 0.337 e. The Morgan fingerprint density at radius 2 is 1.94 bits per heavy atom. The summed E-state index contributed by atoms with van der Waals surface area (Å²) >= 11 is 0. The number of aromatic amines is 1. The van der Waals surface area contributed by atoms with Gasteiger partial charge in [0.05, 0.1) is 12.7 Å². The fraction of sp³-hybridized carbons (Fsp3) is 0.250. The second-order valence-corrected chi connectivity index (χ2v) is 7.85. The van der Waals surface area contributed by atoms with Gasteiger partial charge in [-0.1, -0.05) is 5.16 Å². The van der Waals surface area contributed by atoms with Crippen molar-refractivity contribution in [2.75, 3.05) is 13.7 Å². The molecule has 1 N–H and O–H groups in total. The number of fused-ring (bicyclic) bond motifs is 3. The molecule has 0 radical (unpaired) electrons. The van der Waals surface area contributed by atoms with Crippen molar-refractivity contribution < 1.29 is 23.6 Å². The first-order valence-corrected chi connectivity index (χ1v) is 10.5. The highest BCUT2D eigenvalue weighted by molar-refractivity contribution is 5.97. The number of H-pyrrole nitrogens is 1. The van der Waals surface area contributed by atoms with Gasteiger partial charge >= 0.3 is 5.97 Å². The normalized spacial score (nSPS) is 13.1. The summed E-state index contributed by atoms with van der Waals surface area (Å²) < 4.78 is 15.4. The molecule has 9 nitrogen and oxygen atoms in total. The first-order valence-electron chi connectivity index (χ1n) is 10.5. The van der Waals surface area contributed by atoms with Crippen LogP contribution in [-0.4, -0.2) is 45.6 Å². The summed E-state index contributed by atoms with van der Waals surface area (Å²) in [7, 11) is 1.36. The Labute approximate surface area is 189 Å². The van der Waals surface area contributed by atoms with Gasteiger partial charge in [0.25, 0.3) is 5.91 Å². The zero-order valence-electron chi connectivity index (χ0n) is 18.3. The van der Waals surface area contributed by atoms with Gasteiger partial charge in [0.2, 0.25) is 11.7 Å². The van der Waals surface area contributed by atoms with Crippen LogP contribution in [0.25, 0.3) is 10.9 Å². The number of carbonyl (C=O) groups is 2. The lowest BCUT2D eigenvalue weighted by atomic mass is 10.0. The van der Waals surface area contributed by atoms with Crippen LogP contribution in [0.2, 0.25) is 0 Å². The van der Waals surface area contributed by atoms with Crippen molar-refractivity contribution in [3.05, 3.63) is 76.6 Å². The molecule has 168 valence electrons. The highest BCUT2D eigenvalue weighted by Gasteiger charge is 2.25. The van der Waals surface area contributed by atoms with Crippen molar-refractivity contribution in [1.29, 1.82) is 0 Å². The molecular formula is C24H22N4O5. The zero-order chi connectivity index (χ0) is 22.9. The number of ether oxygens (including phenoxy) is 2. The summed E-state index contributed by atoms with van der Waals surface area (Å²) in [5, 5.41) is 4.73. The third kappa shape index (κ3) is 4.05. The van der Waals surface area contributed by atoms with Crippen molar-refractivity contribution in [2.24, 2.45) is 0 Å². The molecule has 2 aromatic carbocycles. The minimum atomic E-state index is -0.382. The minimum Gasteiger partial charge on any atom is -0.485 e. The number of esters is 1. The first kappa shape index (κ1) is 20.7. The number of amides is 1. The standard InChI is InChI=1S/C24H22N4O5/c1-14-25-22(27-33-14)13-32-17-6-3-15(4-7-17)23(29)28-10-9-21-19(12-28)18-11-16(24(30)31-2)5-8-20(18)26-21/h3-8,11,26H,9-10,12-13H2,1-2H3. The number of methoxy groups -OCH3 is 1. The number of nitrogens with one attached hydrogen (secondary N) is 1. The van der Waals surface area contributed by atoms with E-state index in [9.17, 15) is 9.59 Å². The summed E-state index contributed by atoms with van der Waals surface area (Å²) in [6, 6.07) is 12.4. The molecular weight excluding hydrogens is 424 g/mol. The molecule has 0 saturated heterocycles. The minimum absolute atomic E-state index is 0.0561. The number of rotatable bonds is 5. The zero-order valence-corrected chi connectivity index (χ0v) is 18.3. The van der Waals surface area contributed by atoms with Crippen LogP contribution in [0.5, 0.6) is 5.75 Å². The Morgan fingerprint density at radius 1 is 1.15 bits per heavy atom. The highest BCUT2D eigenvalue weighted by atomic mass is 16.5. The van der Waals surface area contributed by atoms with Crippen LogP contribution in [0.3, 0.4) is 0 Å². The van der Waals surface area contributed by atoms with E-state index < -0.39 is 0 Å². The van der Waals surface area contributed by atoms with E-state index in [2.05, 4.69) is 15.1 Å². The summed E-state index contributed by atoms with van der Waals surface area (Å²) in [5.74, 6) is 1.12. The van der Waals surface area contributed by atoms with E-state index in [1.54, 1.807) is 37.3 Å². The van der Waals surface area contributed by atoms with E-state index in [0.29, 0.717) is 48.1 Å². The topological polar surface area (TPSA) is 111 Å². The van der Waals surface area contributed by atoms with E-state index >= 15 is 0 Å². The molecule has 0 fully saturated rings. The number of aryl methyl sites for hydroxylation is 1. The number of nitrogens with zero attached hydrogens (tertiary/aromatic N) is 3. The van der Waals surface area contributed by atoms with Crippen molar-refractivity contribution >= 4 is 22.8 Å². The van der Waals surface area contributed by atoms with Gasteiger partial charge in [-0.3, -0.25) is 4.79 Å². The number of carbonyl (C=O) groups excluding carboxylic acids is 2. The number of aromatic nitrogens is 3.